The van der Waals surface area contributed by atoms with Gasteiger partial charge in [-0.25, -0.2) is 32.9 Å². The van der Waals surface area contributed by atoms with Gasteiger partial charge in [-0.3, -0.25) is 19.3 Å². The number of benzene rings is 6. The second kappa shape index (κ2) is 58.0. The van der Waals surface area contributed by atoms with E-state index in [9.17, 15) is 27.6 Å². The third-order valence-corrected chi connectivity index (χ3v) is 31.0. The first-order chi connectivity index (χ1) is 68.7. The number of hydrogen-bond acceptors (Lipinski definition) is 22. The molecule has 0 N–H and O–H groups in total. The maximum Gasteiger partial charge on any atom is 0.318 e. The third kappa shape index (κ3) is 29.1. The van der Waals surface area contributed by atoms with E-state index < -0.39 is 19.0 Å². The predicted octanol–water partition coefficient (Wildman–Crippen LogP) is 18.2. The van der Waals surface area contributed by atoms with Gasteiger partial charge in [0.15, 0.2) is 0 Å². The smallest absolute Gasteiger partial charge is 0.318 e. The Balaban J connectivity index is 0.000000243. The molecule has 0 bridgehead atoms. The van der Waals surface area contributed by atoms with Crippen LogP contribution in [0.1, 0.15) is 120 Å². The highest BCUT2D eigenvalue weighted by Crippen LogP contribution is 2.44. The van der Waals surface area contributed by atoms with Crippen molar-refractivity contribution in [1.29, 1.82) is 0 Å². The number of likely N-dealkylation sites (N-methyl/N-ethyl adjacent to an activating group) is 3. The second-order valence-electron chi connectivity index (χ2n) is 39.0. The Kier molecular flexibility index (Phi) is 47.8. The summed E-state index contributed by atoms with van der Waals surface area (Å²) in [5.74, 6) is 2.33. The number of fused-ring (bicyclic) bond motifs is 6. The zero-order valence-electron chi connectivity index (χ0n) is 83.6. The maximum absolute atomic E-state index is 13.6. The molecular formula is C110H148Cl3F3N22O6S6. The van der Waals surface area contributed by atoms with Crippen molar-refractivity contribution >= 4 is 200 Å². The van der Waals surface area contributed by atoms with Gasteiger partial charge in [-0.05, 0) is 195 Å². The molecule has 0 spiro atoms. The zero-order chi connectivity index (χ0) is 97.7. The molecule has 2 unspecified atom stereocenters. The molecule has 1 aliphatic carbocycles. The first kappa shape index (κ1) is 124. The Morgan fingerprint density at radius 2 is 0.720 bits per heavy atom. The summed E-state index contributed by atoms with van der Waals surface area (Å²) in [6.45, 7) is 37.4. The van der Waals surface area contributed by atoms with E-state index in [2.05, 4.69) is 153 Å². The van der Waals surface area contributed by atoms with Crippen molar-refractivity contribution in [2.45, 2.75) is 174 Å². The van der Waals surface area contributed by atoms with Crippen molar-refractivity contribution in [3.8, 4) is 18.0 Å². The summed E-state index contributed by atoms with van der Waals surface area (Å²) in [6, 6.07) is 37.9. The van der Waals surface area contributed by atoms with E-state index in [4.69, 9.17) is 98.6 Å². The molecule has 20 rings (SSSR count). The van der Waals surface area contributed by atoms with Crippen molar-refractivity contribution in [2.24, 2.45) is 5.92 Å². The number of alkyl halides is 3. The minimum absolute atomic E-state index is 0. The van der Waals surface area contributed by atoms with Gasteiger partial charge < -0.3 is 87.5 Å². The SMILES string of the molecule is C.C.C.S.S.S.S.S.S.[C-]#[N+]C[C@H]1CN(c2nc(OC[C@@H]3CCCN3C)nc3c2CCN(c2cccc4cccc(Cl)c24)C3)CCN1C(=O)/C=C/CC1CCC(F)C1.[C-]#[N+]C[C@H]1CN(c2nc(OC[C@@H]3CCCN3C)nc3c2CCN(c2cccc4cccc(Cl)c24)C3)CCN1C(=O)/C=C/CF.[C-]#[N+]C[C@H]1CN(c2nc(OC[C@@H]3CCCN3C)nc3c2CCN(c2cccc4cccc(Cl)c24)C3)CCN1C(=O)/C=C/CN1CC(F)C1. The molecule has 10 aliphatic heterocycles. The van der Waals surface area contributed by atoms with Crippen LogP contribution in [0.2, 0.25) is 15.1 Å². The molecule has 40 heteroatoms. The van der Waals surface area contributed by atoms with Crippen LogP contribution in [0.25, 0.3) is 46.9 Å². The first-order valence-electron chi connectivity index (χ1n) is 49.9. The molecule has 11 aliphatic rings. The molecule has 9 aromatic rings. The highest BCUT2D eigenvalue weighted by atomic mass is 35.5. The Morgan fingerprint density at radius 3 is 1.02 bits per heavy atom. The molecule has 8 atom stereocenters. The van der Waals surface area contributed by atoms with E-state index in [-0.39, 0.29) is 159 Å². The lowest BCUT2D eigenvalue weighted by Gasteiger charge is -2.41. The summed E-state index contributed by atoms with van der Waals surface area (Å²) in [5.41, 5.74) is 9.24. The fourth-order valence-electron chi connectivity index (χ4n) is 22.2. The lowest BCUT2D eigenvalue weighted by Crippen LogP contribution is -2.56. The standard InChI is InChI=1S/C38H45ClFN7O2.C36H42ClFN8O2.C33H37ClFN7O2.3CH4.6H2S/c1-41-22-30-23-46(19-20-47(30)35(48)13-3-7-26-14-15-28(40)21-26)37-31-16-18-45(34-12-5-9-27-8-4-11-32(39)36(27)34)24-33(31)42-38(43-37)49-25-29-10-6-17-44(29)2;1-39-19-28-22-45(17-18-46(28)33(47)12-6-15-43-20-26(38)21-43)35-29-13-16-44(32-11-4-8-25-7-3-10-30(37)34(25)32)23-31(29)40-36(41-35)48-24-27-9-5-14-42(27)2;1-36-19-25-20-41(17-18-42(25)30(43)12-5-14-35)32-26-13-16-40(29-11-4-8-23-7-3-10-27(34)31(23)29)21-28(26)37-33(38-32)44-22-24-9-6-15-39(24)2;;;;;;;;;/h3-5,8-9,11-13,26,28-30H,6-7,10,14-25H2,2H3;3-4,6-8,10-12,26-28H,5,9,13-24H2,2H3;3-5,7-8,10-12,24-25H,6,9,13-22H2,2H3;3*1H4;6*1H2/b13-3+;12-6+;12-5+;;;;;;;;;/t26?,28?,29-,30-;27-,28-;24-,25-;;;;;;;;;/m000........./s1. The minimum Gasteiger partial charge on any atom is -0.462 e. The van der Waals surface area contributed by atoms with Gasteiger partial charge in [0.05, 0.1) is 51.8 Å². The lowest BCUT2D eigenvalue weighted by molar-refractivity contribution is -0.129. The predicted molar refractivity (Wildman–Crippen MR) is 632 cm³/mol. The third-order valence-electron chi connectivity index (χ3n) is 30.0. The quantitative estimate of drug-likeness (QED) is 0.0364. The number of rotatable bonds is 26. The van der Waals surface area contributed by atoms with E-state index in [0.29, 0.717) is 179 Å². The number of likely N-dealkylation sites (tertiary alicyclic amines) is 4. The zero-order valence-corrected chi connectivity index (χ0v) is 91.9. The van der Waals surface area contributed by atoms with E-state index in [1.807, 2.05) is 52.3 Å². The summed E-state index contributed by atoms with van der Waals surface area (Å²) < 4.78 is 58.5. The van der Waals surface area contributed by atoms with Crippen molar-refractivity contribution in [1.82, 2.24) is 64.2 Å². The molecule has 150 heavy (non-hydrogen) atoms. The summed E-state index contributed by atoms with van der Waals surface area (Å²) in [4.78, 5) is 108. The summed E-state index contributed by atoms with van der Waals surface area (Å²) in [5, 5.41) is 8.57. The van der Waals surface area contributed by atoms with E-state index in [0.717, 1.165) is 219 Å². The van der Waals surface area contributed by atoms with Crippen LogP contribution in [0.3, 0.4) is 0 Å². The highest BCUT2D eigenvalue weighted by Gasteiger charge is 2.42. The van der Waals surface area contributed by atoms with Crippen LogP contribution in [0.15, 0.2) is 146 Å². The lowest BCUT2D eigenvalue weighted by atomic mass is 10.0. The molecule has 3 aromatic heterocycles. The second-order valence-corrected chi connectivity index (χ2v) is 40.2. The van der Waals surface area contributed by atoms with Crippen LogP contribution < -0.4 is 43.6 Å². The number of aromatic nitrogens is 6. The number of hydrogen-bond donors (Lipinski definition) is 0. The topological polar surface area (TPSA) is 211 Å². The van der Waals surface area contributed by atoms with Gasteiger partial charge >= 0.3 is 18.0 Å². The van der Waals surface area contributed by atoms with Gasteiger partial charge in [0.2, 0.25) is 37.4 Å². The van der Waals surface area contributed by atoms with Gasteiger partial charge in [-0.2, -0.15) is 111 Å². The van der Waals surface area contributed by atoms with Crippen LogP contribution in [0.4, 0.5) is 47.7 Å². The minimum atomic E-state index is -0.771. The monoisotopic (exact) mass is 2230 g/mol. The highest BCUT2D eigenvalue weighted by molar-refractivity contribution is 7.60. The first-order valence-corrected chi connectivity index (χ1v) is 51.0. The number of piperazine rings is 3. The normalized spacial score (nSPS) is 21.2. The molecular weight excluding hydrogens is 2080 g/mol. The Hall–Kier alpha value is -9.76. The van der Waals surface area contributed by atoms with Crippen LogP contribution in [-0.2, 0) is 53.3 Å². The van der Waals surface area contributed by atoms with Gasteiger partial charge in [0.25, 0.3) is 0 Å². The molecule has 812 valence electrons. The average molecular weight is 2230 g/mol. The Labute approximate surface area is 940 Å². The molecule has 13 heterocycles. The molecule has 1 saturated carbocycles. The fourth-order valence-corrected chi connectivity index (χ4v) is 23.1. The number of anilines is 6. The molecule has 28 nitrogen and oxygen atoms in total. The van der Waals surface area contributed by atoms with Gasteiger partial charge in [-0.15, -0.1) is 0 Å². The van der Waals surface area contributed by atoms with Gasteiger partial charge in [0, 0.05) is 178 Å². The Morgan fingerprint density at radius 1 is 0.393 bits per heavy atom. The summed E-state index contributed by atoms with van der Waals surface area (Å²) in [6.07, 6.45) is 19.6. The number of nitrogens with zero attached hydrogens (tertiary/aromatic N) is 22. The summed E-state index contributed by atoms with van der Waals surface area (Å²) in [7, 11) is 6.38. The van der Waals surface area contributed by atoms with Gasteiger partial charge in [0.1, 0.15) is 74.4 Å². The average Bonchev–Trinajstić information content (AvgIpc) is 1.19. The number of halogens is 6. The van der Waals surface area contributed by atoms with E-state index in [1.54, 1.807) is 28.0 Å². The molecule has 7 saturated heterocycles. The van der Waals surface area contributed by atoms with Crippen molar-refractivity contribution in [3.63, 3.8) is 0 Å². The van der Waals surface area contributed by atoms with Crippen LogP contribution in [0, 0.1) is 25.6 Å². The van der Waals surface area contributed by atoms with Crippen LogP contribution >= 0.6 is 116 Å². The number of carbonyl (C=O) groups excluding carboxylic acids is 3. The largest absolute Gasteiger partial charge is 0.462 e. The Bertz CT molecular complexity index is 6260. The molecule has 8 fully saturated rings. The summed E-state index contributed by atoms with van der Waals surface area (Å²) >= 11 is 20.2. The van der Waals surface area contributed by atoms with Crippen molar-refractivity contribution in [3.05, 3.63) is 229 Å². The van der Waals surface area contributed by atoms with Crippen LogP contribution in [0.5, 0.6) is 18.0 Å². The number of ether oxygens (including phenoxy) is 3. The molecule has 6 aromatic carbocycles. The molecule has 3 amide bonds. The van der Waals surface area contributed by atoms with Crippen molar-refractivity contribution < 1.29 is 41.8 Å². The number of allylic oxidation sites excluding steroid dienone is 2. The fraction of sp³-hybridized carbons (Fsp3) is 0.509. The number of carbonyl (C=O) groups is 3. The van der Waals surface area contributed by atoms with Crippen molar-refractivity contribution in [2.75, 3.05) is 214 Å². The van der Waals surface area contributed by atoms with E-state index in [1.165, 1.54) is 12.2 Å². The van der Waals surface area contributed by atoms with E-state index >= 15 is 0 Å². The van der Waals surface area contributed by atoms with Gasteiger partial charge in [-0.1, -0.05) is 142 Å². The molecule has 0 radical (unpaired) electrons. The van der Waals surface area contributed by atoms with Crippen LogP contribution in [-0.4, -0.2) is 316 Å². The number of amides is 3. The maximum atomic E-state index is 13.6.